The molecule has 10 heteroatoms. The molecule has 0 atom stereocenters. The van der Waals surface area contributed by atoms with Crippen LogP contribution < -0.4 is 15.6 Å². The summed E-state index contributed by atoms with van der Waals surface area (Å²) in [4.78, 5) is 26.6. The summed E-state index contributed by atoms with van der Waals surface area (Å²) in [5.74, 6) is 1.79. The Bertz CT molecular complexity index is 1660. The van der Waals surface area contributed by atoms with E-state index in [4.69, 9.17) is 14.5 Å². The Morgan fingerprint density at radius 1 is 1.08 bits per heavy atom. The van der Waals surface area contributed by atoms with Crippen molar-refractivity contribution in [2.24, 2.45) is 0 Å². The normalized spacial score (nSPS) is 15.2. The van der Waals surface area contributed by atoms with Gasteiger partial charge in [0, 0.05) is 29.4 Å². The number of benzene rings is 2. The molecule has 1 N–H and O–H groups in total. The highest BCUT2D eigenvalue weighted by molar-refractivity contribution is 9.10. The molecule has 0 aliphatic carbocycles. The largest absolute Gasteiger partial charge is 0.487 e. The molecule has 1 aliphatic rings. The zero-order valence-electron chi connectivity index (χ0n) is 20.9. The third-order valence-electron chi connectivity index (χ3n) is 7.11. The van der Waals surface area contributed by atoms with E-state index < -0.39 is 0 Å². The number of halogens is 1. The number of methoxy groups -OCH3 is 1. The lowest BCUT2D eigenvalue weighted by Gasteiger charge is -2.35. The number of hydrogen-bond donors (Lipinski definition) is 1. The molecule has 1 aliphatic heterocycles. The van der Waals surface area contributed by atoms with Gasteiger partial charge >= 0.3 is 0 Å². The van der Waals surface area contributed by atoms with Crippen molar-refractivity contribution < 1.29 is 9.47 Å². The Morgan fingerprint density at radius 2 is 1.89 bits per heavy atom. The Balaban J connectivity index is 1.23. The van der Waals surface area contributed by atoms with Crippen LogP contribution in [0.15, 0.2) is 76.4 Å². The predicted molar refractivity (Wildman–Crippen MR) is 149 cm³/mol. The summed E-state index contributed by atoms with van der Waals surface area (Å²) in [6.07, 6.45) is 6.96. The summed E-state index contributed by atoms with van der Waals surface area (Å²) in [7, 11) is 1.74. The number of aromatic nitrogens is 5. The Hall–Kier alpha value is -3.60. The van der Waals surface area contributed by atoms with Crippen LogP contribution in [0.5, 0.6) is 5.75 Å². The molecule has 4 heterocycles. The quantitative estimate of drug-likeness (QED) is 0.313. The van der Waals surface area contributed by atoms with Gasteiger partial charge in [0.15, 0.2) is 11.6 Å². The van der Waals surface area contributed by atoms with Gasteiger partial charge in [-0.3, -0.25) is 13.8 Å². The molecule has 0 saturated carbocycles. The van der Waals surface area contributed by atoms with E-state index in [9.17, 15) is 4.79 Å². The summed E-state index contributed by atoms with van der Waals surface area (Å²) >= 11 is 3.52. The third kappa shape index (κ3) is 4.82. The highest BCUT2D eigenvalue weighted by atomic mass is 79.9. The first kappa shape index (κ1) is 24.7. The third-order valence-corrected chi connectivity index (χ3v) is 7.60. The second kappa shape index (κ2) is 10.3. The number of hydrogen-bond acceptors (Lipinski definition) is 7. The van der Waals surface area contributed by atoms with Crippen LogP contribution in [0.3, 0.4) is 0 Å². The van der Waals surface area contributed by atoms with Crippen molar-refractivity contribution >= 4 is 32.7 Å². The van der Waals surface area contributed by atoms with E-state index in [1.165, 1.54) is 0 Å². The maximum atomic E-state index is 12.8. The van der Waals surface area contributed by atoms with Gasteiger partial charge in [-0.1, -0.05) is 34.1 Å². The lowest BCUT2D eigenvalue weighted by atomic mass is 9.93. The van der Waals surface area contributed by atoms with E-state index in [0.29, 0.717) is 30.5 Å². The number of piperidine rings is 1. The molecule has 5 aromatic rings. The van der Waals surface area contributed by atoms with Gasteiger partial charge in [-0.2, -0.15) is 0 Å². The van der Waals surface area contributed by atoms with Crippen molar-refractivity contribution in [3.63, 3.8) is 0 Å². The van der Waals surface area contributed by atoms with Crippen LogP contribution in [0.25, 0.3) is 28.2 Å². The van der Waals surface area contributed by atoms with Gasteiger partial charge in [0.05, 0.1) is 30.0 Å². The van der Waals surface area contributed by atoms with Gasteiger partial charge in [-0.05, 0) is 55.8 Å². The van der Waals surface area contributed by atoms with Gasteiger partial charge in [-0.15, -0.1) is 0 Å². The van der Waals surface area contributed by atoms with Crippen molar-refractivity contribution in [3.05, 3.63) is 87.5 Å². The van der Waals surface area contributed by atoms with Crippen molar-refractivity contribution in [1.29, 1.82) is 0 Å². The lowest BCUT2D eigenvalue weighted by Crippen LogP contribution is -2.47. The minimum absolute atomic E-state index is 0.113. The molecule has 6 rings (SSSR count). The van der Waals surface area contributed by atoms with E-state index >= 15 is 0 Å². The fraction of sp³-hybridized carbons (Fsp3) is 0.286. The summed E-state index contributed by atoms with van der Waals surface area (Å²) in [5.41, 5.74) is 3.17. The standard InChI is InChI=1S/C28H27BrN6O3/c1-37-28(8-10-30-11-9-28)18-38-22-15-31-26(32-16-22)20-4-2-3-19(13-20)17-35-25(36)7-12-34-24-14-21(29)5-6-23(24)33-27(34)35/h2-7,12-16,30H,8-11,17-18H2,1H3. The Labute approximate surface area is 227 Å². The van der Waals surface area contributed by atoms with Crippen LogP contribution in [-0.2, 0) is 11.3 Å². The molecule has 0 amide bonds. The van der Waals surface area contributed by atoms with Crippen molar-refractivity contribution in [2.45, 2.75) is 25.0 Å². The summed E-state index contributed by atoms with van der Waals surface area (Å²) in [6, 6.07) is 15.3. The molecule has 0 unspecified atom stereocenters. The average molecular weight is 575 g/mol. The number of nitrogens with zero attached hydrogens (tertiary/aromatic N) is 5. The highest BCUT2D eigenvalue weighted by Gasteiger charge is 2.32. The monoisotopic (exact) mass is 574 g/mol. The van der Waals surface area contributed by atoms with Crippen LogP contribution in [0.2, 0.25) is 0 Å². The molecule has 0 bridgehead atoms. The SMILES string of the molecule is COC1(COc2cnc(-c3cccc(Cn4c(=O)ccn5c6cc(Br)ccc6nc45)c3)nc2)CCNCC1. The molecule has 2 aromatic carbocycles. The molecular weight excluding hydrogens is 548 g/mol. The average Bonchev–Trinajstić information content (AvgIpc) is 3.32. The number of ether oxygens (including phenoxy) is 2. The topological polar surface area (TPSA) is 95.6 Å². The minimum Gasteiger partial charge on any atom is -0.487 e. The molecule has 1 saturated heterocycles. The van der Waals surface area contributed by atoms with E-state index in [1.54, 1.807) is 36.3 Å². The zero-order chi connectivity index (χ0) is 26.1. The van der Waals surface area contributed by atoms with E-state index in [1.807, 2.05) is 46.9 Å². The Morgan fingerprint density at radius 3 is 2.68 bits per heavy atom. The van der Waals surface area contributed by atoms with Gasteiger partial charge in [-0.25, -0.2) is 15.0 Å². The molecule has 0 spiro atoms. The molecule has 38 heavy (non-hydrogen) atoms. The molecule has 0 radical (unpaired) electrons. The maximum absolute atomic E-state index is 12.8. The highest BCUT2D eigenvalue weighted by Crippen LogP contribution is 2.25. The van der Waals surface area contributed by atoms with Gasteiger partial charge in [0.25, 0.3) is 5.56 Å². The fourth-order valence-electron chi connectivity index (χ4n) is 4.90. The molecule has 194 valence electrons. The van der Waals surface area contributed by atoms with Crippen LogP contribution >= 0.6 is 15.9 Å². The number of rotatable bonds is 7. The smallest absolute Gasteiger partial charge is 0.255 e. The summed E-state index contributed by atoms with van der Waals surface area (Å²) in [5, 5.41) is 3.35. The molecule has 3 aromatic heterocycles. The van der Waals surface area contributed by atoms with Gasteiger partial charge in [0.2, 0.25) is 5.78 Å². The summed E-state index contributed by atoms with van der Waals surface area (Å²) in [6.45, 7) is 2.66. The first-order valence-corrected chi connectivity index (χ1v) is 13.3. The zero-order valence-corrected chi connectivity index (χ0v) is 22.5. The molecule has 1 fully saturated rings. The van der Waals surface area contributed by atoms with Crippen LogP contribution in [0, 0.1) is 0 Å². The van der Waals surface area contributed by atoms with E-state index in [0.717, 1.165) is 52.6 Å². The van der Waals surface area contributed by atoms with Crippen molar-refractivity contribution in [2.75, 3.05) is 26.8 Å². The number of nitrogens with one attached hydrogen (secondary N) is 1. The van der Waals surface area contributed by atoms with Gasteiger partial charge < -0.3 is 14.8 Å². The summed E-state index contributed by atoms with van der Waals surface area (Å²) < 4.78 is 16.3. The van der Waals surface area contributed by atoms with E-state index in [-0.39, 0.29) is 11.2 Å². The van der Waals surface area contributed by atoms with E-state index in [2.05, 4.69) is 31.2 Å². The minimum atomic E-state index is -0.281. The molecular formula is C28H27BrN6O3. The second-order valence-corrected chi connectivity index (χ2v) is 10.4. The second-order valence-electron chi connectivity index (χ2n) is 9.52. The fourth-order valence-corrected chi connectivity index (χ4v) is 5.25. The number of fused-ring (bicyclic) bond motifs is 3. The van der Waals surface area contributed by atoms with Crippen molar-refractivity contribution in [1.82, 2.24) is 29.2 Å². The van der Waals surface area contributed by atoms with Crippen molar-refractivity contribution in [3.8, 4) is 17.1 Å². The van der Waals surface area contributed by atoms with Crippen LogP contribution in [-0.4, -0.2) is 56.3 Å². The van der Waals surface area contributed by atoms with Crippen LogP contribution in [0.1, 0.15) is 18.4 Å². The maximum Gasteiger partial charge on any atom is 0.255 e. The predicted octanol–water partition coefficient (Wildman–Crippen LogP) is 4.06. The van der Waals surface area contributed by atoms with Crippen LogP contribution in [0.4, 0.5) is 0 Å². The lowest BCUT2D eigenvalue weighted by molar-refractivity contribution is -0.0641. The number of imidazole rings is 1. The first-order chi connectivity index (χ1) is 18.5. The first-order valence-electron chi connectivity index (χ1n) is 12.5. The molecule has 9 nitrogen and oxygen atoms in total. The Kier molecular flexibility index (Phi) is 6.69. The van der Waals surface area contributed by atoms with Gasteiger partial charge in [0.1, 0.15) is 12.2 Å².